The van der Waals surface area contributed by atoms with E-state index >= 15 is 0 Å². The maximum atomic E-state index is 12.2. The Bertz CT molecular complexity index is 228. The summed E-state index contributed by atoms with van der Waals surface area (Å²) in [5.74, 6) is -2.56. The van der Waals surface area contributed by atoms with Gasteiger partial charge in [0.1, 0.15) is 0 Å². The molecule has 3 nitrogen and oxygen atoms in total. The first kappa shape index (κ1) is 14.0. The molecule has 0 atom stereocenters. The van der Waals surface area contributed by atoms with Crippen LogP contribution in [0.15, 0.2) is 0 Å². The molecule has 15 heavy (non-hydrogen) atoms. The molecule has 90 valence electrons. The Hall–Kier alpha value is -0.990. The normalized spacial score (nSPS) is 13.9. The summed E-state index contributed by atoms with van der Waals surface area (Å²) in [6.07, 6.45) is -11.9. The van der Waals surface area contributed by atoms with E-state index in [0.717, 1.165) is 0 Å². The quantitative estimate of drug-likeness (QED) is 0.544. The van der Waals surface area contributed by atoms with Crippen LogP contribution < -0.4 is 0 Å². The minimum Gasteiger partial charge on any atom is -0.466 e. The van der Waals surface area contributed by atoms with Gasteiger partial charge in [0.15, 0.2) is 0 Å². The Morgan fingerprint density at radius 3 is 1.33 bits per heavy atom. The number of hydrogen-bond acceptors (Lipinski definition) is 3. The fraction of sp³-hybridized carbons (Fsp3) is 0.833. The van der Waals surface area contributed by atoms with E-state index in [-0.39, 0.29) is 7.11 Å². The standard InChI is InChI=1S/C6H6F6O3/c1-14-3(13)4(15-2,5(7,8)9)6(10,11)12/h1-2H3. The van der Waals surface area contributed by atoms with Gasteiger partial charge in [-0.1, -0.05) is 0 Å². The van der Waals surface area contributed by atoms with Crippen LogP contribution in [0.3, 0.4) is 0 Å². The number of carbonyl (C=O) groups excluding carboxylic acids is 1. The van der Waals surface area contributed by atoms with Crippen molar-refractivity contribution in [3.05, 3.63) is 0 Å². The molecule has 0 heterocycles. The molecule has 0 saturated heterocycles. The van der Waals surface area contributed by atoms with Gasteiger partial charge in [0.25, 0.3) is 0 Å². The average Bonchev–Trinajstić information content (AvgIpc) is 2.00. The van der Waals surface area contributed by atoms with Crippen LogP contribution in [0.25, 0.3) is 0 Å². The topological polar surface area (TPSA) is 35.5 Å². The Morgan fingerprint density at radius 1 is 0.933 bits per heavy atom. The summed E-state index contributed by atoms with van der Waals surface area (Å²) >= 11 is 0. The van der Waals surface area contributed by atoms with Crippen LogP contribution in [0.4, 0.5) is 26.3 Å². The first-order valence-electron chi connectivity index (χ1n) is 3.31. The third kappa shape index (κ3) is 2.01. The number of methoxy groups -OCH3 is 2. The summed E-state index contributed by atoms with van der Waals surface area (Å²) in [5.41, 5.74) is -4.94. The van der Waals surface area contributed by atoms with Crippen LogP contribution in [0.1, 0.15) is 0 Å². The summed E-state index contributed by atoms with van der Waals surface area (Å²) < 4.78 is 79.7. The molecule has 0 N–H and O–H groups in total. The van der Waals surface area contributed by atoms with Crippen LogP contribution in [-0.4, -0.2) is 38.1 Å². The molecular formula is C6H6F6O3. The van der Waals surface area contributed by atoms with E-state index in [1.54, 1.807) is 0 Å². The molecule has 0 aromatic carbocycles. The molecule has 0 unspecified atom stereocenters. The second-order valence-electron chi connectivity index (χ2n) is 2.37. The molecule has 0 amide bonds. The van der Waals surface area contributed by atoms with Gasteiger partial charge in [-0.25, -0.2) is 4.79 Å². The van der Waals surface area contributed by atoms with Gasteiger partial charge in [-0.2, -0.15) is 26.3 Å². The molecule has 0 aliphatic carbocycles. The molecule has 0 spiro atoms. The number of halogens is 6. The molecule has 0 fully saturated rings. The monoisotopic (exact) mass is 240 g/mol. The minimum atomic E-state index is -5.95. The molecule has 0 bridgehead atoms. The van der Waals surface area contributed by atoms with E-state index < -0.39 is 23.9 Å². The van der Waals surface area contributed by atoms with Gasteiger partial charge in [0, 0.05) is 7.11 Å². The Kier molecular flexibility index (Phi) is 3.62. The molecular weight excluding hydrogens is 234 g/mol. The van der Waals surface area contributed by atoms with Crippen molar-refractivity contribution >= 4 is 5.97 Å². The van der Waals surface area contributed by atoms with Gasteiger partial charge in [-0.15, -0.1) is 0 Å². The van der Waals surface area contributed by atoms with Crippen molar-refractivity contribution in [1.82, 2.24) is 0 Å². The second kappa shape index (κ2) is 3.87. The van der Waals surface area contributed by atoms with E-state index in [4.69, 9.17) is 0 Å². The predicted octanol–water partition coefficient (Wildman–Crippen LogP) is 1.67. The summed E-state index contributed by atoms with van der Waals surface area (Å²) in [5, 5.41) is 0. The zero-order chi connectivity index (χ0) is 12.5. The average molecular weight is 240 g/mol. The SMILES string of the molecule is COC(=O)C(OC)(C(F)(F)F)C(F)(F)F. The smallest absolute Gasteiger partial charge is 0.437 e. The Morgan fingerprint density at radius 2 is 1.27 bits per heavy atom. The number of rotatable bonds is 2. The zero-order valence-electron chi connectivity index (χ0n) is 7.49. The van der Waals surface area contributed by atoms with Gasteiger partial charge < -0.3 is 9.47 Å². The molecule has 0 saturated carbocycles. The van der Waals surface area contributed by atoms with Crippen LogP contribution in [0.5, 0.6) is 0 Å². The molecule has 0 radical (unpaired) electrons. The van der Waals surface area contributed by atoms with E-state index in [0.29, 0.717) is 7.11 Å². The summed E-state index contributed by atoms with van der Waals surface area (Å²) in [4.78, 5) is 10.6. The third-order valence-corrected chi connectivity index (χ3v) is 1.58. The van der Waals surface area contributed by atoms with E-state index in [1.165, 1.54) is 0 Å². The first-order chi connectivity index (χ1) is 6.54. The lowest BCUT2D eigenvalue weighted by Gasteiger charge is -2.32. The molecule has 0 aromatic heterocycles. The largest absolute Gasteiger partial charge is 0.466 e. The predicted molar refractivity (Wildman–Crippen MR) is 33.9 cm³/mol. The van der Waals surface area contributed by atoms with Crippen LogP contribution in [-0.2, 0) is 14.3 Å². The Labute approximate surface area is 79.9 Å². The van der Waals surface area contributed by atoms with Gasteiger partial charge in [-0.3, -0.25) is 0 Å². The van der Waals surface area contributed by atoms with Crippen LogP contribution in [0, 0.1) is 0 Å². The number of alkyl halides is 6. The van der Waals surface area contributed by atoms with E-state index in [1.807, 2.05) is 0 Å². The lowest BCUT2D eigenvalue weighted by Crippen LogP contribution is -2.64. The van der Waals surface area contributed by atoms with Gasteiger partial charge in [-0.05, 0) is 0 Å². The first-order valence-corrected chi connectivity index (χ1v) is 3.31. The third-order valence-electron chi connectivity index (χ3n) is 1.58. The van der Waals surface area contributed by atoms with Crippen molar-refractivity contribution in [3.8, 4) is 0 Å². The minimum absolute atomic E-state index is 0.123. The lowest BCUT2D eigenvalue weighted by molar-refractivity contribution is -0.362. The highest BCUT2D eigenvalue weighted by Gasteiger charge is 2.78. The highest BCUT2D eigenvalue weighted by molar-refractivity contribution is 5.81. The molecule has 0 aliphatic rings. The molecule has 0 rings (SSSR count). The second-order valence-corrected chi connectivity index (χ2v) is 2.37. The molecule has 0 aromatic rings. The van der Waals surface area contributed by atoms with E-state index in [2.05, 4.69) is 9.47 Å². The molecule has 9 heteroatoms. The van der Waals surface area contributed by atoms with Crippen molar-refractivity contribution in [2.24, 2.45) is 0 Å². The summed E-state index contributed by atoms with van der Waals surface area (Å²) in [6, 6.07) is 0. The van der Waals surface area contributed by atoms with Crippen molar-refractivity contribution < 1.29 is 40.6 Å². The van der Waals surface area contributed by atoms with Crippen LogP contribution >= 0.6 is 0 Å². The Balaban J connectivity index is 5.64. The highest BCUT2D eigenvalue weighted by atomic mass is 19.4. The van der Waals surface area contributed by atoms with Gasteiger partial charge >= 0.3 is 23.9 Å². The summed E-state index contributed by atoms with van der Waals surface area (Å²) in [7, 11) is 0.519. The fourth-order valence-electron chi connectivity index (χ4n) is 0.851. The number of ether oxygens (including phenoxy) is 2. The highest BCUT2D eigenvalue weighted by Crippen LogP contribution is 2.46. The van der Waals surface area contributed by atoms with Gasteiger partial charge in [0.2, 0.25) is 0 Å². The van der Waals surface area contributed by atoms with Crippen molar-refractivity contribution in [1.29, 1.82) is 0 Å². The summed E-state index contributed by atoms with van der Waals surface area (Å²) in [6.45, 7) is 0. The maximum absolute atomic E-state index is 12.2. The number of esters is 1. The molecule has 0 aliphatic heterocycles. The number of carbonyl (C=O) groups is 1. The van der Waals surface area contributed by atoms with Crippen molar-refractivity contribution in [2.45, 2.75) is 18.0 Å². The van der Waals surface area contributed by atoms with Gasteiger partial charge in [0.05, 0.1) is 7.11 Å². The maximum Gasteiger partial charge on any atom is 0.437 e. The lowest BCUT2D eigenvalue weighted by atomic mass is 10.0. The van der Waals surface area contributed by atoms with E-state index in [9.17, 15) is 31.1 Å². The van der Waals surface area contributed by atoms with Crippen molar-refractivity contribution in [3.63, 3.8) is 0 Å². The zero-order valence-corrected chi connectivity index (χ0v) is 7.49. The van der Waals surface area contributed by atoms with Crippen LogP contribution in [0.2, 0.25) is 0 Å². The fourth-order valence-corrected chi connectivity index (χ4v) is 0.851. The number of hydrogen-bond donors (Lipinski definition) is 0. The van der Waals surface area contributed by atoms with Crippen molar-refractivity contribution in [2.75, 3.05) is 14.2 Å².